The van der Waals surface area contributed by atoms with E-state index in [0.717, 1.165) is 24.8 Å². The standard InChI is InChI=1S/C26H40O4/c1-15(28)16-7-8-18-24(4)12-9-17-23(2,3)10-6-11-26(17,14-27)19(24)13-20-25(18,5)21(16)22(29)30-20/h7,15,17-21,27-28H,6,8-14H2,1-5H3. The first-order valence-corrected chi connectivity index (χ1v) is 12.2. The minimum atomic E-state index is -0.608. The zero-order chi connectivity index (χ0) is 21.7. The number of hydrogen-bond acceptors (Lipinski definition) is 4. The lowest BCUT2D eigenvalue weighted by Crippen LogP contribution is -2.66. The fourth-order valence-corrected chi connectivity index (χ4v) is 9.83. The molecule has 4 nitrogen and oxygen atoms in total. The van der Waals surface area contributed by atoms with Gasteiger partial charge in [0.15, 0.2) is 0 Å². The molecule has 0 aromatic heterocycles. The fraction of sp³-hybridized carbons (Fsp3) is 0.885. The number of aliphatic hydroxyl groups excluding tert-OH is 2. The number of allylic oxidation sites excluding steroid dienone is 1. The Bertz CT molecular complexity index is 784. The van der Waals surface area contributed by atoms with E-state index in [1.54, 1.807) is 6.92 Å². The van der Waals surface area contributed by atoms with Crippen molar-refractivity contribution in [2.45, 2.75) is 91.8 Å². The zero-order valence-corrected chi connectivity index (χ0v) is 19.4. The van der Waals surface area contributed by atoms with Crippen LogP contribution in [0.1, 0.15) is 79.6 Å². The van der Waals surface area contributed by atoms with Gasteiger partial charge >= 0.3 is 5.97 Å². The van der Waals surface area contributed by atoms with Gasteiger partial charge in [-0.05, 0) is 79.6 Å². The highest BCUT2D eigenvalue weighted by molar-refractivity contribution is 5.80. The maximum absolute atomic E-state index is 13.1. The molecule has 0 aromatic rings. The van der Waals surface area contributed by atoms with Crippen molar-refractivity contribution >= 4 is 5.97 Å². The lowest BCUT2D eigenvalue weighted by molar-refractivity contribution is -0.231. The third-order valence-corrected chi connectivity index (χ3v) is 11.1. The molecular formula is C26H40O4. The molecule has 1 heterocycles. The maximum Gasteiger partial charge on any atom is 0.314 e. The second-order valence-electron chi connectivity index (χ2n) is 12.5. The van der Waals surface area contributed by atoms with E-state index in [-0.39, 0.29) is 46.3 Å². The molecule has 9 atom stereocenters. The lowest BCUT2D eigenvalue weighted by Gasteiger charge is -2.69. The summed E-state index contributed by atoms with van der Waals surface area (Å²) in [6, 6.07) is 0. The summed E-state index contributed by atoms with van der Waals surface area (Å²) < 4.78 is 6.11. The number of hydrogen-bond donors (Lipinski definition) is 2. The number of ether oxygens (including phenoxy) is 1. The second-order valence-corrected chi connectivity index (χ2v) is 12.5. The average molecular weight is 417 g/mol. The first-order chi connectivity index (χ1) is 14.0. The Kier molecular flexibility index (Phi) is 4.44. The minimum absolute atomic E-state index is 0.0607. The highest BCUT2D eigenvalue weighted by Gasteiger charge is 2.73. The Morgan fingerprint density at radius 1 is 1.13 bits per heavy atom. The molecule has 4 heteroatoms. The third kappa shape index (κ3) is 2.33. The van der Waals surface area contributed by atoms with Gasteiger partial charge < -0.3 is 14.9 Å². The smallest absolute Gasteiger partial charge is 0.314 e. The van der Waals surface area contributed by atoms with Crippen LogP contribution in [0.5, 0.6) is 0 Å². The molecular weight excluding hydrogens is 376 g/mol. The summed E-state index contributed by atoms with van der Waals surface area (Å²) in [4.78, 5) is 13.1. The molecule has 0 spiro atoms. The SMILES string of the molecule is CC(O)C1=CCC2C3(C)CCC4C(C)(C)CCCC4(CO)C3CC3OC(=O)C1C32C. The van der Waals surface area contributed by atoms with Crippen molar-refractivity contribution < 1.29 is 19.7 Å². The first kappa shape index (κ1) is 21.0. The normalized spacial score (nSPS) is 52.4. The predicted octanol–water partition coefficient (Wildman–Crippen LogP) is 4.49. The van der Waals surface area contributed by atoms with Crippen LogP contribution in [0.4, 0.5) is 0 Å². The summed E-state index contributed by atoms with van der Waals surface area (Å²) in [6.45, 7) is 11.6. The number of esters is 1. The van der Waals surface area contributed by atoms with Gasteiger partial charge in [0.25, 0.3) is 0 Å². The van der Waals surface area contributed by atoms with E-state index >= 15 is 0 Å². The van der Waals surface area contributed by atoms with Crippen molar-refractivity contribution in [2.75, 3.05) is 6.61 Å². The molecule has 9 unspecified atom stereocenters. The third-order valence-electron chi connectivity index (χ3n) is 11.1. The molecule has 1 saturated heterocycles. The van der Waals surface area contributed by atoms with Crippen LogP contribution in [0.2, 0.25) is 0 Å². The van der Waals surface area contributed by atoms with Crippen molar-refractivity contribution in [3.63, 3.8) is 0 Å². The van der Waals surface area contributed by atoms with Crippen LogP contribution in [-0.2, 0) is 9.53 Å². The molecule has 0 bridgehead atoms. The van der Waals surface area contributed by atoms with Gasteiger partial charge in [-0.15, -0.1) is 0 Å². The number of aliphatic hydroxyl groups is 2. The van der Waals surface area contributed by atoms with Gasteiger partial charge in [-0.2, -0.15) is 0 Å². The van der Waals surface area contributed by atoms with E-state index in [1.807, 2.05) is 0 Å². The summed E-state index contributed by atoms with van der Waals surface area (Å²) in [5.74, 6) is 0.808. The van der Waals surface area contributed by atoms with E-state index in [2.05, 4.69) is 33.8 Å². The molecule has 0 amide bonds. The highest BCUT2D eigenvalue weighted by Crippen LogP contribution is 2.74. The predicted molar refractivity (Wildman–Crippen MR) is 115 cm³/mol. The second kappa shape index (κ2) is 6.34. The number of carbonyl (C=O) groups is 1. The van der Waals surface area contributed by atoms with E-state index < -0.39 is 6.10 Å². The van der Waals surface area contributed by atoms with Crippen LogP contribution < -0.4 is 0 Å². The van der Waals surface area contributed by atoms with Crippen LogP contribution in [0, 0.1) is 45.3 Å². The lowest BCUT2D eigenvalue weighted by atomic mass is 9.34. The number of carbonyl (C=O) groups excluding carboxylic acids is 1. The van der Waals surface area contributed by atoms with E-state index in [9.17, 15) is 15.0 Å². The molecule has 5 rings (SSSR count). The Morgan fingerprint density at radius 2 is 1.87 bits per heavy atom. The van der Waals surface area contributed by atoms with Crippen LogP contribution in [0.15, 0.2) is 11.6 Å². The fourth-order valence-electron chi connectivity index (χ4n) is 9.83. The van der Waals surface area contributed by atoms with Gasteiger partial charge in [0, 0.05) is 17.4 Å². The van der Waals surface area contributed by atoms with Crippen molar-refractivity contribution in [3.8, 4) is 0 Å². The topological polar surface area (TPSA) is 66.8 Å². The number of fused-ring (bicyclic) bond motifs is 4. The Labute approximate surface area is 181 Å². The van der Waals surface area contributed by atoms with Gasteiger partial charge in [-0.1, -0.05) is 40.2 Å². The monoisotopic (exact) mass is 416 g/mol. The largest absolute Gasteiger partial charge is 0.461 e. The van der Waals surface area contributed by atoms with Crippen molar-refractivity contribution in [3.05, 3.63) is 11.6 Å². The summed E-state index contributed by atoms with van der Waals surface area (Å²) >= 11 is 0. The first-order valence-electron chi connectivity index (χ1n) is 12.2. The summed E-state index contributed by atoms with van der Waals surface area (Å²) in [6.07, 6.45) is 9.07. The molecule has 4 aliphatic carbocycles. The van der Waals surface area contributed by atoms with Crippen LogP contribution in [-0.4, -0.2) is 35.0 Å². The Hall–Kier alpha value is -0.870. The van der Waals surface area contributed by atoms with Gasteiger partial charge in [-0.25, -0.2) is 0 Å². The Morgan fingerprint density at radius 3 is 2.53 bits per heavy atom. The molecule has 168 valence electrons. The molecule has 30 heavy (non-hydrogen) atoms. The summed E-state index contributed by atoms with van der Waals surface area (Å²) in [7, 11) is 0. The quantitative estimate of drug-likeness (QED) is 0.514. The molecule has 4 fully saturated rings. The van der Waals surface area contributed by atoms with Crippen molar-refractivity contribution in [1.29, 1.82) is 0 Å². The van der Waals surface area contributed by atoms with Crippen LogP contribution >= 0.6 is 0 Å². The maximum atomic E-state index is 13.1. The summed E-state index contributed by atoms with van der Waals surface area (Å²) in [5, 5.41) is 21.3. The van der Waals surface area contributed by atoms with Gasteiger partial charge in [0.2, 0.25) is 0 Å². The minimum Gasteiger partial charge on any atom is -0.461 e. The Balaban J connectivity index is 1.63. The summed E-state index contributed by atoms with van der Waals surface area (Å²) in [5.41, 5.74) is 0.897. The van der Waals surface area contributed by atoms with Gasteiger partial charge in [0.1, 0.15) is 6.10 Å². The molecule has 2 N–H and O–H groups in total. The van der Waals surface area contributed by atoms with Crippen molar-refractivity contribution in [1.82, 2.24) is 0 Å². The van der Waals surface area contributed by atoms with Crippen molar-refractivity contribution in [2.24, 2.45) is 45.3 Å². The van der Waals surface area contributed by atoms with Gasteiger partial charge in [0.05, 0.1) is 12.0 Å². The molecule has 3 saturated carbocycles. The van der Waals surface area contributed by atoms with Gasteiger partial charge in [-0.3, -0.25) is 4.79 Å². The average Bonchev–Trinajstić information content (AvgIpc) is 2.93. The van der Waals surface area contributed by atoms with Crippen LogP contribution in [0.25, 0.3) is 0 Å². The zero-order valence-electron chi connectivity index (χ0n) is 19.4. The number of rotatable bonds is 2. The van der Waals surface area contributed by atoms with E-state index in [1.165, 1.54) is 25.7 Å². The molecule has 1 aliphatic heterocycles. The van der Waals surface area contributed by atoms with E-state index in [0.29, 0.717) is 17.8 Å². The molecule has 5 aliphatic rings. The van der Waals surface area contributed by atoms with E-state index in [4.69, 9.17) is 4.74 Å². The van der Waals surface area contributed by atoms with Crippen LogP contribution in [0.3, 0.4) is 0 Å². The molecule has 0 aromatic carbocycles. The highest BCUT2D eigenvalue weighted by atomic mass is 16.6. The molecule has 0 radical (unpaired) electrons.